The van der Waals surface area contributed by atoms with Crippen LogP contribution in [0.2, 0.25) is 0 Å². The topological polar surface area (TPSA) is 93.4 Å². The second kappa shape index (κ2) is 11.6. The van der Waals surface area contributed by atoms with Crippen LogP contribution in [0.25, 0.3) is 27.5 Å². The number of fused-ring (bicyclic) bond motifs is 1. The molecule has 8 nitrogen and oxygen atoms in total. The number of halogens is 3. The second-order valence-electron chi connectivity index (χ2n) is 8.58. The van der Waals surface area contributed by atoms with Crippen LogP contribution in [-0.4, -0.2) is 44.9 Å². The highest BCUT2D eigenvalue weighted by Gasteiger charge is 2.27. The van der Waals surface area contributed by atoms with Gasteiger partial charge in [0.1, 0.15) is 22.2 Å². The van der Waals surface area contributed by atoms with Crippen LogP contribution in [0.1, 0.15) is 10.6 Å². The summed E-state index contributed by atoms with van der Waals surface area (Å²) in [6.07, 6.45) is -0.259. The van der Waals surface area contributed by atoms with Crippen molar-refractivity contribution in [3.63, 3.8) is 0 Å². The number of hydrogen-bond acceptors (Lipinski definition) is 6. The van der Waals surface area contributed by atoms with Gasteiger partial charge in [-0.25, -0.2) is 9.78 Å². The molecule has 0 atom stereocenters. The first-order valence-corrected chi connectivity index (χ1v) is 12.8. The van der Waals surface area contributed by atoms with Crippen molar-refractivity contribution in [1.82, 2.24) is 24.9 Å². The largest absolute Gasteiger partial charge is 0.405 e. The summed E-state index contributed by atoms with van der Waals surface area (Å²) in [5.41, 5.74) is 4.53. The van der Waals surface area contributed by atoms with Crippen molar-refractivity contribution in [2.75, 3.05) is 18.5 Å². The molecule has 5 rings (SSSR count). The lowest BCUT2D eigenvalue weighted by molar-refractivity contribution is -0.122. The Morgan fingerprint density at radius 2 is 1.85 bits per heavy atom. The molecular weight excluding hydrogens is 529 g/mol. The van der Waals surface area contributed by atoms with E-state index < -0.39 is 18.8 Å². The summed E-state index contributed by atoms with van der Waals surface area (Å²) in [6.45, 7) is -0.314. The van der Waals surface area contributed by atoms with Crippen molar-refractivity contribution in [1.29, 1.82) is 0 Å². The third-order valence-electron chi connectivity index (χ3n) is 5.66. The lowest BCUT2D eigenvalue weighted by atomic mass is 10.1. The van der Waals surface area contributed by atoms with Gasteiger partial charge in [0.2, 0.25) is 0 Å². The molecule has 0 radical (unpaired) electrons. The van der Waals surface area contributed by atoms with E-state index in [0.29, 0.717) is 31.0 Å². The van der Waals surface area contributed by atoms with Gasteiger partial charge in [-0.3, -0.25) is 4.40 Å². The molecule has 3 aromatic heterocycles. The minimum Gasteiger partial charge on any atom is -0.376 e. The zero-order valence-electron chi connectivity index (χ0n) is 20.5. The molecule has 200 valence electrons. The van der Waals surface area contributed by atoms with Crippen molar-refractivity contribution < 1.29 is 22.7 Å². The van der Waals surface area contributed by atoms with E-state index in [-0.39, 0.29) is 0 Å². The molecule has 2 amide bonds. The molecule has 0 bridgehead atoms. The van der Waals surface area contributed by atoms with Gasteiger partial charge in [-0.05, 0) is 29.8 Å². The summed E-state index contributed by atoms with van der Waals surface area (Å²) in [5, 5.41) is 14.5. The number of imidazole rings is 1. The Balaban J connectivity index is 1.23. The van der Waals surface area contributed by atoms with Gasteiger partial charge in [0.25, 0.3) is 0 Å². The summed E-state index contributed by atoms with van der Waals surface area (Å²) < 4.78 is 44.7. The molecule has 5 aromatic rings. The number of aromatic nitrogens is 4. The summed E-state index contributed by atoms with van der Waals surface area (Å²) >= 11 is 1.50. The van der Waals surface area contributed by atoms with Crippen molar-refractivity contribution in [3.05, 3.63) is 89.7 Å². The molecule has 0 aliphatic heterocycles. The van der Waals surface area contributed by atoms with Gasteiger partial charge in [0.15, 0.2) is 0 Å². The molecule has 39 heavy (non-hydrogen) atoms. The molecule has 0 saturated heterocycles. The first kappa shape index (κ1) is 26.3. The Morgan fingerprint density at radius 3 is 2.67 bits per heavy atom. The average molecular weight is 553 g/mol. The van der Waals surface area contributed by atoms with Crippen molar-refractivity contribution >= 4 is 28.7 Å². The SMILES string of the molecule is O=C(NCC(F)(F)F)Nc1cccc(-c2cnc3cc(-c4nnc(CCOCc5ccccc5)s4)ccn23)c1. The number of alkyl halides is 3. The first-order valence-electron chi connectivity index (χ1n) is 12.0. The Morgan fingerprint density at radius 1 is 1.00 bits per heavy atom. The van der Waals surface area contributed by atoms with Crippen LogP contribution in [-0.2, 0) is 17.8 Å². The number of ether oxygens (including phenoxy) is 1. The van der Waals surface area contributed by atoms with E-state index in [1.54, 1.807) is 29.7 Å². The smallest absolute Gasteiger partial charge is 0.376 e. The Bertz CT molecular complexity index is 1570. The number of hydrogen-bond donors (Lipinski definition) is 2. The van der Waals surface area contributed by atoms with Crippen LogP contribution in [0, 0.1) is 0 Å². The van der Waals surface area contributed by atoms with Crippen LogP contribution < -0.4 is 10.6 Å². The van der Waals surface area contributed by atoms with Gasteiger partial charge < -0.3 is 15.4 Å². The third kappa shape index (κ3) is 6.98. The van der Waals surface area contributed by atoms with E-state index in [0.717, 1.165) is 32.4 Å². The lowest BCUT2D eigenvalue weighted by Crippen LogP contribution is -2.36. The minimum atomic E-state index is -4.48. The van der Waals surface area contributed by atoms with Crippen molar-refractivity contribution in [3.8, 4) is 21.8 Å². The molecule has 2 N–H and O–H groups in total. The van der Waals surface area contributed by atoms with E-state index in [1.807, 2.05) is 59.1 Å². The molecule has 0 saturated carbocycles. The third-order valence-corrected chi connectivity index (χ3v) is 6.70. The Hall–Kier alpha value is -4.29. The summed E-state index contributed by atoms with van der Waals surface area (Å²) in [4.78, 5) is 16.3. The van der Waals surface area contributed by atoms with Crippen molar-refractivity contribution in [2.24, 2.45) is 0 Å². The predicted octanol–water partition coefficient (Wildman–Crippen LogP) is 5.96. The van der Waals surface area contributed by atoms with Gasteiger partial charge in [-0.15, -0.1) is 10.2 Å². The summed E-state index contributed by atoms with van der Waals surface area (Å²) in [7, 11) is 0. The quantitative estimate of drug-likeness (QED) is 0.220. The summed E-state index contributed by atoms with van der Waals surface area (Å²) in [6, 6.07) is 19.7. The number of urea groups is 1. The van der Waals surface area contributed by atoms with Crippen LogP contribution in [0.4, 0.5) is 23.7 Å². The number of nitrogens with zero attached hydrogens (tertiary/aromatic N) is 4. The highest BCUT2D eigenvalue weighted by atomic mass is 32.1. The Kier molecular flexibility index (Phi) is 7.84. The van der Waals surface area contributed by atoms with Gasteiger partial charge in [0, 0.05) is 29.4 Å². The molecule has 3 heterocycles. The van der Waals surface area contributed by atoms with Crippen LogP contribution in [0.5, 0.6) is 0 Å². The number of carbonyl (C=O) groups is 1. The molecule has 12 heteroatoms. The number of anilines is 1. The van der Waals surface area contributed by atoms with Gasteiger partial charge in [-0.1, -0.05) is 53.8 Å². The van der Waals surface area contributed by atoms with Crippen LogP contribution in [0.3, 0.4) is 0 Å². The number of pyridine rings is 1. The van der Waals surface area contributed by atoms with Crippen molar-refractivity contribution in [2.45, 2.75) is 19.2 Å². The number of carbonyl (C=O) groups excluding carboxylic acids is 1. The summed E-state index contributed by atoms with van der Waals surface area (Å²) in [5.74, 6) is 0. The average Bonchev–Trinajstić information content (AvgIpc) is 3.57. The van der Waals surface area contributed by atoms with Gasteiger partial charge in [-0.2, -0.15) is 13.2 Å². The molecular formula is C27H23F3N6O2S. The maximum Gasteiger partial charge on any atom is 0.405 e. The van der Waals surface area contributed by atoms with E-state index in [4.69, 9.17) is 4.74 Å². The normalized spacial score (nSPS) is 11.6. The number of amides is 2. The second-order valence-corrected chi connectivity index (χ2v) is 9.64. The van der Waals surface area contributed by atoms with E-state index >= 15 is 0 Å². The fraction of sp³-hybridized carbons (Fsp3) is 0.185. The maximum atomic E-state index is 12.3. The minimum absolute atomic E-state index is 0.355. The fourth-order valence-corrected chi connectivity index (χ4v) is 4.65. The van der Waals surface area contributed by atoms with E-state index in [2.05, 4.69) is 20.5 Å². The van der Waals surface area contributed by atoms with Gasteiger partial charge in [0.05, 0.1) is 25.1 Å². The monoisotopic (exact) mass is 552 g/mol. The first-order chi connectivity index (χ1) is 18.8. The zero-order chi connectivity index (χ0) is 27.2. The maximum absolute atomic E-state index is 12.3. The molecule has 0 fully saturated rings. The molecule has 0 spiro atoms. The highest BCUT2D eigenvalue weighted by molar-refractivity contribution is 7.14. The van der Waals surface area contributed by atoms with E-state index in [9.17, 15) is 18.0 Å². The molecule has 2 aromatic carbocycles. The highest BCUT2D eigenvalue weighted by Crippen LogP contribution is 2.28. The standard InChI is InChI=1S/C27H23F3N6O2S/c28-27(29,30)17-32-26(37)33-21-8-4-7-19(13-21)22-15-31-23-14-20(9-11-36(22)23)25-35-34-24(39-25)10-12-38-16-18-5-2-1-3-6-18/h1-9,11,13-15H,10,12,16-17H2,(H2,32,33,37). The fourth-order valence-electron chi connectivity index (χ4n) is 3.83. The lowest BCUT2D eigenvalue weighted by Gasteiger charge is -2.10. The zero-order valence-corrected chi connectivity index (χ0v) is 21.3. The molecule has 0 aliphatic rings. The number of nitrogens with one attached hydrogen (secondary N) is 2. The van der Waals surface area contributed by atoms with Gasteiger partial charge >= 0.3 is 12.2 Å². The number of benzene rings is 2. The molecule has 0 unspecified atom stereocenters. The van der Waals surface area contributed by atoms with Crippen LogP contribution in [0.15, 0.2) is 79.1 Å². The number of rotatable bonds is 9. The predicted molar refractivity (Wildman–Crippen MR) is 142 cm³/mol. The van der Waals surface area contributed by atoms with Crippen LogP contribution >= 0.6 is 11.3 Å². The Labute approximate surface area is 225 Å². The van der Waals surface area contributed by atoms with E-state index in [1.165, 1.54) is 11.3 Å². The molecule has 0 aliphatic carbocycles.